The van der Waals surface area contributed by atoms with Crippen molar-refractivity contribution in [3.63, 3.8) is 0 Å². The maximum absolute atomic E-state index is 13.8. The van der Waals surface area contributed by atoms with E-state index < -0.39 is 29.1 Å². The average Bonchev–Trinajstić information content (AvgIpc) is 3.32. The smallest absolute Gasteiger partial charge is 0.246 e. The number of likely N-dealkylation sites (tertiary alicyclic amines) is 1. The van der Waals surface area contributed by atoms with Crippen LogP contribution in [0.1, 0.15) is 53.9 Å². The minimum absolute atomic E-state index is 0.0129. The molecule has 3 amide bonds. The van der Waals surface area contributed by atoms with Crippen molar-refractivity contribution in [1.82, 2.24) is 10.2 Å². The second kappa shape index (κ2) is 10.0. The molecule has 3 saturated heterocycles. The third-order valence-electron chi connectivity index (χ3n) is 8.23. The number of aliphatic hydroxyl groups excluding tert-OH is 1. The van der Waals surface area contributed by atoms with Gasteiger partial charge < -0.3 is 30.1 Å². The topological polar surface area (TPSA) is 117 Å². The zero-order valence-electron chi connectivity index (χ0n) is 21.9. The van der Waals surface area contributed by atoms with Gasteiger partial charge in [-0.25, -0.2) is 0 Å². The monoisotopic (exact) mass is 501 g/mol. The molecule has 3 fully saturated rings. The van der Waals surface area contributed by atoms with Crippen LogP contribution in [0.2, 0.25) is 0 Å². The Labute approximate surface area is 212 Å². The summed E-state index contributed by atoms with van der Waals surface area (Å²) in [6, 6.07) is 6.13. The van der Waals surface area contributed by atoms with E-state index >= 15 is 0 Å². The third kappa shape index (κ3) is 4.16. The second-order valence-electron chi connectivity index (χ2n) is 10.6. The first-order chi connectivity index (χ1) is 17.1. The number of benzene rings is 1. The summed E-state index contributed by atoms with van der Waals surface area (Å²) >= 11 is 0. The molecule has 9 heteroatoms. The lowest BCUT2D eigenvalue weighted by molar-refractivity contribution is -0.147. The maximum Gasteiger partial charge on any atom is 0.246 e. The molecular formula is C27H39N3O6. The molecule has 9 nitrogen and oxygen atoms in total. The molecule has 1 spiro atoms. The molecular weight excluding hydrogens is 462 g/mol. The molecule has 4 unspecified atom stereocenters. The van der Waals surface area contributed by atoms with Gasteiger partial charge in [0, 0.05) is 18.3 Å². The lowest BCUT2D eigenvalue weighted by Crippen LogP contribution is -2.57. The van der Waals surface area contributed by atoms with Crippen molar-refractivity contribution in [3.05, 3.63) is 24.3 Å². The highest BCUT2D eigenvalue weighted by atomic mass is 16.5. The van der Waals surface area contributed by atoms with Gasteiger partial charge in [0.05, 0.1) is 30.7 Å². The van der Waals surface area contributed by atoms with E-state index in [1.54, 1.807) is 24.3 Å². The lowest BCUT2D eigenvalue weighted by atomic mass is 9.62. The Morgan fingerprint density at radius 3 is 2.56 bits per heavy atom. The van der Waals surface area contributed by atoms with E-state index in [0.29, 0.717) is 24.5 Å². The van der Waals surface area contributed by atoms with Gasteiger partial charge in [-0.15, -0.1) is 0 Å². The summed E-state index contributed by atoms with van der Waals surface area (Å²) in [5.74, 6) is -1.82. The number of ether oxygens (including phenoxy) is 2. The van der Waals surface area contributed by atoms with Gasteiger partial charge in [0.1, 0.15) is 17.4 Å². The Bertz CT molecular complexity index is 1000. The molecule has 36 heavy (non-hydrogen) atoms. The van der Waals surface area contributed by atoms with Gasteiger partial charge in [0.15, 0.2) is 0 Å². The predicted molar refractivity (Wildman–Crippen MR) is 134 cm³/mol. The van der Waals surface area contributed by atoms with E-state index in [0.717, 1.165) is 12.8 Å². The Hall–Kier alpha value is -2.65. The first kappa shape index (κ1) is 26.4. The zero-order valence-corrected chi connectivity index (χ0v) is 21.9. The number of anilines is 1. The summed E-state index contributed by atoms with van der Waals surface area (Å²) in [6.07, 6.45) is 2.22. The van der Waals surface area contributed by atoms with Gasteiger partial charge in [-0.1, -0.05) is 20.3 Å². The summed E-state index contributed by atoms with van der Waals surface area (Å²) in [5.41, 5.74) is -1.41. The van der Waals surface area contributed by atoms with E-state index in [-0.39, 0.29) is 42.8 Å². The SMILES string of the molecule is CCCC(C)NC(=O)C1N(CCO)C(=O)[C@@H]2[C@H](C(=O)Nc3ccc(OCC)cc3)[C@@]3(C)OC12CC3C. The highest BCUT2D eigenvalue weighted by molar-refractivity contribution is 6.02. The number of nitrogens with one attached hydrogen (secondary N) is 2. The van der Waals surface area contributed by atoms with Crippen LogP contribution in [0.25, 0.3) is 0 Å². The highest BCUT2D eigenvalue weighted by Gasteiger charge is 2.79. The molecule has 0 aromatic heterocycles. The van der Waals surface area contributed by atoms with Crippen molar-refractivity contribution in [1.29, 1.82) is 0 Å². The number of hydrogen-bond acceptors (Lipinski definition) is 6. The van der Waals surface area contributed by atoms with Gasteiger partial charge >= 0.3 is 0 Å². The van der Waals surface area contributed by atoms with Gasteiger partial charge in [-0.2, -0.15) is 0 Å². The van der Waals surface area contributed by atoms with Crippen molar-refractivity contribution in [2.24, 2.45) is 17.8 Å². The molecule has 4 rings (SSSR count). The minimum Gasteiger partial charge on any atom is -0.494 e. The standard InChI is InChI=1S/C27H39N3O6/c1-6-8-17(4)28-24(33)22-27-15-16(3)26(5,36-27)20(21(27)25(34)30(22)13-14-31)23(32)29-18-9-11-19(12-10-18)35-7-2/h9-12,16-17,20-22,31H,6-8,13-15H2,1-5H3,(H,28,33)(H,29,32)/t16?,17?,20-,21+,22?,26+,27?/m1/s1. The molecule has 1 aromatic carbocycles. The molecule has 3 N–H and O–H groups in total. The molecule has 3 aliphatic rings. The fourth-order valence-corrected chi connectivity index (χ4v) is 6.64. The van der Waals surface area contributed by atoms with Crippen LogP contribution in [0.4, 0.5) is 5.69 Å². The Morgan fingerprint density at radius 2 is 1.94 bits per heavy atom. The number of carbonyl (C=O) groups is 3. The second-order valence-corrected chi connectivity index (χ2v) is 10.6. The number of carbonyl (C=O) groups excluding carboxylic acids is 3. The van der Waals surface area contributed by atoms with Gasteiger partial charge in [0.25, 0.3) is 0 Å². The number of rotatable bonds is 10. The minimum atomic E-state index is -1.11. The molecule has 3 heterocycles. The summed E-state index contributed by atoms with van der Waals surface area (Å²) in [7, 11) is 0. The summed E-state index contributed by atoms with van der Waals surface area (Å²) in [5, 5.41) is 15.7. The van der Waals surface area contributed by atoms with Crippen molar-refractivity contribution in [3.8, 4) is 5.75 Å². The molecule has 0 saturated carbocycles. The summed E-state index contributed by atoms with van der Waals surface area (Å²) < 4.78 is 12.1. The maximum atomic E-state index is 13.8. The van der Waals surface area contributed by atoms with Crippen molar-refractivity contribution in [2.45, 2.75) is 77.2 Å². The molecule has 2 bridgehead atoms. The quantitative estimate of drug-likeness (QED) is 0.453. The number of aliphatic hydroxyl groups is 1. The highest BCUT2D eigenvalue weighted by Crippen LogP contribution is 2.65. The summed E-state index contributed by atoms with van der Waals surface area (Å²) in [6.45, 7) is 10.1. The zero-order chi connectivity index (χ0) is 26.3. The van der Waals surface area contributed by atoms with Crippen molar-refractivity contribution in [2.75, 3.05) is 25.1 Å². The van der Waals surface area contributed by atoms with Gasteiger partial charge in [-0.05, 0) is 63.8 Å². The van der Waals surface area contributed by atoms with Crippen molar-refractivity contribution < 1.29 is 29.0 Å². The van der Waals surface area contributed by atoms with Crippen LogP contribution in [0.15, 0.2) is 24.3 Å². The lowest BCUT2D eigenvalue weighted by Gasteiger charge is -2.36. The van der Waals surface area contributed by atoms with Crippen LogP contribution in [0.3, 0.4) is 0 Å². The largest absolute Gasteiger partial charge is 0.494 e. The van der Waals surface area contributed by atoms with Crippen LogP contribution in [0.5, 0.6) is 5.75 Å². The fraction of sp³-hybridized carbons (Fsp3) is 0.667. The predicted octanol–water partition coefficient (Wildman–Crippen LogP) is 2.33. The van der Waals surface area contributed by atoms with Gasteiger partial charge in [-0.3, -0.25) is 14.4 Å². The molecule has 7 atom stereocenters. The van der Waals surface area contributed by atoms with E-state index in [1.807, 2.05) is 34.6 Å². The van der Waals surface area contributed by atoms with Crippen LogP contribution < -0.4 is 15.4 Å². The first-order valence-electron chi connectivity index (χ1n) is 13.1. The molecule has 0 aliphatic carbocycles. The third-order valence-corrected chi connectivity index (χ3v) is 8.23. The fourth-order valence-electron chi connectivity index (χ4n) is 6.64. The van der Waals surface area contributed by atoms with Crippen LogP contribution in [-0.4, -0.2) is 70.8 Å². The van der Waals surface area contributed by atoms with E-state index in [4.69, 9.17) is 9.47 Å². The Morgan fingerprint density at radius 1 is 1.25 bits per heavy atom. The van der Waals surface area contributed by atoms with Crippen LogP contribution in [0, 0.1) is 17.8 Å². The van der Waals surface area contributed by atoms with Crippen LogP contribution >= 0.6 is 0 Å². The van der Waals surface area contributed by atoms with Crippen LogP contribution in [-0.2, 0) is 19.1 Å². The molecule has 0 radical (unpaired) electrons. The molecule has 198 valence electrons. The number of β-amino-alcohol motifs (C(OH)–C–C–N with tert-alkyl or cyclic N) is 1. The Balaban J connectivity index is 1.66. The number of nitrogens with zero attached hydrogens (tertiary/aromatic N) is 1. The first-order valence-corrected chi connectivity index (χ1v) is 13.1. The average molecular weight is 502 g/mol. The van der Waals surface area contributed by atoms with Gasteiger partial charge in [0.2, 0.25) is 17.7 Å². The number of amides is 3. The van der Waals surface area contributed by atoms with E-state index in [9.17, 15) is 19.5 Å². The normalized spacial score (nSPS) is 33.4. The Kier molecular flexibility index (Phi) is 7.35. The number of fused-ring (bicyclic) bond motifs is 1. The molecule has 1 aromatic rings. The summed E-state index contributed by atoms with van der Waals surface area (Å²) in [4.78, 5) is 42.5. The van der Waals surface area contributed by atoms with Crippen molar-refractivity contribution >= 4 is 23.4 Å². The number of hydrogen-bond donors (Lipinski definition) is 3. The molecule has 3 aliphatic heterocycles. The van der Waals surface area contributed by atoms with E-state index in [1.165, 1.54) is 4.90 Å². The van der Waals surface area contributed by atoms with E-state index in [2.05, 4.69) is 10.6 Å².